The second-order valence-corrected chi connectivity index (χ2v) is 4.75. The summed E-state index contributed by atoms with van der Waals surface area (Å²) >= 11 is 0. The molecule has 0 aromatic heterocycles. The number of rotatable bonds is 3. The number of aryl methyl sites for hydroxylation is 1. The van der Waals surface area contributed by atoms with Gasteiger partial charge in [0, 0.05) is 18.7 Å². The summed E-state index contributed by atoms with van der Waals surface area (Å²) in [5.74, 6) is 0.0237. The van der Waals surface area contributed by atoms with Crippen molar-refractivity contribution in [3.63, 3.8) is 0 Å². The first-order valence-corrected chi connectivity index (χ1v) is 6.41. The predicted octanol–water partition coefficient (Wildman–Crippen LogP) is 1.95. The van der Waals surface area contributed by atoms with Crippen LogP contribution in [0.4, 0.5) is 0 Å². The first-order chi connectivity index (χ1) is 8.68. The highest BCUT2D eigenvalue weighted by Crippen LogP contribution is 2.12. The van der Waals surface area contributed by atoms with E-state index in [1.54, 1.807) is 0 Å². The minimum absolute atomic E-state index is 0.0237. The lowest BCUT2D eigenvalue weighted by Crippen LogP contribution is -2.30. The molecule has 0 unspecified atom stereocenters. The topological polar surface area (TPSA) is 41.1 Å². The Hall–Kier alpha value is -1.61. The van der Waals surface area contributed by atoms with Crippen molar-refractivity contribution < 1.29 is 4.79 Å². The molecule has 1 amide bonds. The highest BCUT2D eigenvalue weighted by atomic mass is 16.1. The van der Waals surface area contributed by atoms with Crippen molar-refractivity contribution in [2.24, 2.45) is 0 Å². The van der Waals surface area contributed by atoms with E-state index >= 15 is 0 Å². The molecule has 3 heteroatoms. The van der Waals surface area contributed by atoms with E-state index in [0.717, 1.165) is 36.2 Å². The summed E-state index contributed by atoms with van der Waals surface area (Å²) in [5, 5.41) is 6.26. The number of carbonyl (C=O) groups is 1. The summed E-state index contributed by atoms with van der Waals surface area (Å²) in [7, 11) is 0. The first kappa shape index (κ1) is 12.8. The van der Waals surface area contributed by atoms with E-state index < -0.39 is 0 Å². The zero-order chi connectivity index (χ0) is 13.0. The molecule has 0 fully saturated rings. The largest absolute Gasteiger partial charge is 0.348 e. The van der Waals surface area contributed by atoms with Crippen molar-refractivity contribution >= 4 is 5.91 Å². The average molecular weight is 244 g/mol. The Balaban J connectivity index is 1.99. The fourth-order valence-electron chi connectivity index (χ4n) is 2.12. The maximum atomic E-state index is 12.1. The van der Waals surface area contributed by atoms with Gasteiger partial charge in [-0.3, -0.25) is 4.79 Å². The third kappa shape index (κ3) is 2.99. The Kier molecular flexibility index (Phi) is 4.15. The van der Waals surface area contributed by atoms with Crippen LogP contribution in [0.1, 0.15) is 27.9 Å². The highest BCUT2D eigenvalue weighted by Gasteiger charge is 2.10. The third-order valence-corrected chi connectivity index (χ3v) is 3.48. The summed E-state index contributed by atoms with van der Waals surface area (Å²) in [6.45, 7) is 6.60. The molecule has 0 bridgehead atoms. The number of nitrogens with one attached hydrogen (secondary N) is 2. The minimum atomic E-state index is 0.0237. The summed E-state index contributed by atoms with van der Waals surface area (Å²) in [6, 6.07) is 5.84. The molecule has 1 heterocycles. The van der Waals surface area contributed by atoms with Gasteiger partial charge in [-0.15, -0.1) is 0 Å². The molecular weight excluding hydrogens is 224 g/mol. The van der Waals surface area contributed by atoms with E-state index in [9.17, 15) is 4.79 Å². The molecule has 0 aliphatic carbocycles. The van der Waals surface area contributed by atoms with E-state index in [1.165, 1.54) is 5.57 Å². The standard InChI is InChI=1S/C15H20N2O/c1-11-4-3-5-14(12(11)2)15(18)17-10-13-6-8-16-9-7-13/h3-6,16H,7-10H2,1-2H3,(H,17,18). The molecule has 18 heavy (non-hydrogen) atoms. The Labute approximate surface area is 108 Å². The van der Waals surface area contributed by atoms with Crippen LogP contribution in [0, 0.1) is 13.8 Å². The maximum absolute atomic E-state index is 12.1. The molecule has 1 aromatic carbocycles. The lowest BCUT2D eigenvalue weighted by atomic mass is 10.0. The van der Waals surface area contributed by atoms with Gasteiger partial charge in [-0.05, 0) is 44.0 Å². The number of hydrogen-bond donors (Lipinski definition) is 2. The first-order valence-electron chi connectivity index (χ1n) is 6.41. The van der Waals surface area contributed by atoms with E-state index in [4.69, 9.17) is 0 Å². The second kappa shape index (κ2) is 5.83. The molecule has 0 spiro atoms. The van der Waals surface area contributed by atoms with Crippen molar-refractivity contribution in [1.29, 1.82) is 0 Å². The number of amides is 1. The number of carbonyl (C=O) groups excluding carboxylic acids is 1. The molecule has 0 radical (unpaired) electrons. The SMILES string of the molecule is Cc1cccc(C(=O)NCC2=CCNCC2)c1C. The molecule has 1 aliphatic heterocycles. The molecule has 0 saturated carbocycles. The fourth-order valence-corrected chi connectivity index (χ4v) is 2.12. The number of benzene rings is 1. The summed E-state index contributed by atoms with van der Waals surface area (Å²) in [5.41, 5.74) is 4.31. The van der Waals surface area contributed by atoms with Gasteiger partial charge in [0.2, 0.25) is 0 Å². The Morgan fingerprint density at radius 3 is 2.94 bits per heavy atom. The van der Waals surface area contributed by atoms with Crippen molar-refractivity contribution in [3.8, 4) is 0 Å². The van der Waals surface area contributed by atoms with Gasteiger partial charge in [-0.1, -0.05) is 23.8 Å². The van der Waals surface area contributed by atoms with Gasteiger partial charge in [0.25, 0.3) is 5.91 Å². The quantitative estimate of drug-likeness (QED) is 0.798. The molecule has 96 valence electrons. The molecule has 1 aliphatic rings. The van der Waals surface area contributed by atoms with Gasteiger partial charge in [0.15, 0.2) is 0 Å². The second-order valence-electron chi connectivity index (χ2n) is 4.75. The van der Waals surface area contributed by atoms with Gasteiger partial charge < -0.3 is 10.6 Å². The molecule has 2 rings (SSSR count). The summed E-state index contributed by atoms with van der Waals surface area (Å²) in [6.07, 6.45) is 3.18. The number of hydrogen-bond acceptors (Lipinski definition) is 2. The van der Waals surface area contributed by atoms with Crippen LogP contribution in [0.25, 0.3) is 0 Å². The van der Waals surface area contributed by atoms with Gasteiger partial charge in [0.1, 0.15) is 0 Å². The highest BCUT2D eigenvalue weighted by molar-refractivity contribution is 5.96. The van der Waals surface area contributed by atoms with Crippen molar-refractivity contribution in [2.45, 2.75) is 20.3 Å². The van der Waals surface area contributed by atoms with Gasteiger partial charge in [0.05, 0.1) is 0 Å². The normalized spacial score (nSPS) is 15.1. The monoisotopic (exact) mass is 244 g/mol. The lowest BCUT2D eigenvalue weighted by molar-refractivity contribution is 0.0956. The Bertz CT molecular complexity index is 477. The van der Waals surface area contributed by atoms with Crippen LogP contribution < -0.4 is 10.6 Å². The van der Waals surface area contributed by atoms with Crippen molar-refractivity contribution in [2.75, 3.05) is 19.6 Å². The maximum Gasteiger partial charge on any atom is 0.251 e. The van der Waals surface area contributed by atoms with E-state index in [2.05, 4.69) is 16.7 Å². The third-order valence-electron chi connectivity index (χ3n) is 3.48. The fraction of sp³-hybridized carbons (Fsp3) is 0.400. The van der Waals surface area contributed by atoms with Crippen LogP contribution >= 0.6 is 0 Å². The van der Waals surface area contributed by atoms with E-state index in [1.807, 2.05) is 32.0 Å². The molecule has 0 saturated heterocycles. The molecule has 1 aromatic rings. The van der Waals surface area contributed by atoms with Crippen LogP contribution in [0.3, 0.4) is 0 Å². The van der Waals surface area contributed by atoms with E-state index in [0.29, 0.717) is 6.54 Å². The van der Waals surface area contributed by atoms with Gasteiger partial charge in [-0.25, -0.2) is 0 Å². The minimum Gasteiger partial charge on any atom is -0.348 e. The van der Waals surface area contributed by atoms with Crippen LogP contribution in [0.2, 0.25) is 0 Å². The smallest absolute Gasteiger partial charge is 0.251 e. The Morgan fingerprint density at radius 1 is 1.39 bits per heavy atom. The van der Waals surface area contributed by atoms with Crippen LogP contribution in [-0.2, 0) is 0 Å². The zero-order valence-corrected chi connectivity index (χ0v) is 11.0. The summed E-state index contributed by atoms with van der Waals surface area (Å²) in [4.78, 5) is 12.1. The van der Waals surface area contributed by atoms with Crippen molar-refractivity contribution in [1.82, 2.24) is 10.6 Å². The molecule has 3 nitrogen and oxygen atoms in total. The van der Waals surface area contributed by atoms with Crippen molar-refractivity contribution in [3.05, 3.63) is 46.5 Å². The lowest BCUT2D eigenvalue weighted by Gasteiger charge is -2.15. The summed E-state index contributed by atoms with van der Waals surface area (Å²) < 4.78 is 0. The molecular formula is C15H20N2O. The van der Waals surface area contributed by atoms with Crippen LogP contribution in [0.5, 0.6) is 0 Å². The van der Waals surface area contributed by atoms with E-state index in [-0.39, 0.29) is 5.91 Å². The molecule has 0 atom stereocenters. The van der Waals surface area contributed by atoms with Gasteiger partial charge in [-0.2, -0.15) is 0 Å². The van der Waals surface area contributed by atoms with Crippen LogP contribution in [-0.4, -0.2) is 25.5 Å². The van der Waals surface area contributed by atoms with Gasteiger partial charge >= 0.3 is 0 Å². The average Bonchev–Trinajstić information content (AvgIpc) is 2.40. The zero-order valence-electron chi connectivity index (χ0n) is 11.0. The van der Waals surface area contributed by atoms with Crippen LogP contribution in [0.15, 0.2) is 29.8 Å². The predicted molar refractivity (Wildman–Crippen MR) is 73.8 cm³/mol. The molecule has 2 N–H and O–H groups in total. The Morgan fingerprint density at radius 2 is 2.22 bits per heavy atom.